The Kier molecular flexibility index (Phi) is 23.2. The Morgan fingerprint density at radius 2 is 1.31 bits per heavy atom. The number of hydrogen-bond donors (Lipinski definition) is 15. The number of guanidine groups is 2. The Morgan fingerprint density at radius 3 is 1.83 bits per heavy atom. The summed E-state index contributed by atoms with van der Waals surface area (Å²) in [6.45, 7) is 0.818. The molecule has 328 valence electrons. The third-order valence-corrected chi connectivity index (χ3v) is 10.0. The van der Waals surface area contributed by atoms with Crippen LogP contribution in [0.25, 0.3) is 0 Å². The van der Waals surface area contributed by atoms with Gasteiger partial charge in [-0.25, -0.2) is 4.79 Å². The molecule has 0 aromatic heterocycles. The second-order valence-corrected chi connectivity index (χ2v) is 15.1. The molecule has 1 aliphatic rings. The molecule has 1 heterocycles. The quantitative estimate of drug-likeness (QED) is 0.0169. The Morgan fingerprint density at radius 1 is 0.780 bits per heavy atom. The molecule has 1 aromatic carbocycles. The minimum atomic E-state index is -1.28. The van der Waals surface area contributed by atoms with Gasteiger partial charge in [0.2, 0.25) is 35.4 Å². The highest BCUT2D eigenvalue weighted by molar-refractivity contribution is 7.98. The van der Waals surface area contributed by atoms with Gasteiger partial charge in [0.25, 0.3) is 0 Å². The summed E-state index contributed by atoms with van der Waals surface area (Å²) >= 11 is 5.63. The number of aliphatic carboxylic acids is 1. The van der Waals surface area contributed by atoms with E-state index in [-0.39, 0.29) is 75.3 Å². The maximum absolute atomic E-state index is 14.1. The summed E-state index contributed by atoms with van der Waals surface area (Å²) < 4.78 is 0. The zero-order chi connectivity index (χ0) is 43.7. The molecule has 18 N–H and O–H groups in total. The van der Waals surface area contributed by atoms with E-state index in [0.717, 1.165) is 6.42 Å². The van der Waals surface area contributed by atoms with Gasteiger partial charge in [0.05, 0.1) is 25.7 Å². The maximum atomic E-state index is 14.1. The number of carbonyl (C=O) groups is 7. The van der Waals surface area contributed by atoms with E-state index in [9.17, 15) is 38.7 Å². The van der Waals surface area contributed by atoms with Crippen molar-refractivity contribution in [2.45, 2.75) is 87.6 Å². The molecule has 0 spiro atoms. The number of rotatable bonds is 27. The van der Waals surface area contributed by atoms with Crippen LogP contribution in [0.15, 0.2) is 30.3 Å². The number of carboxylic acid groups (broad SMARTS) is 1. The summed E-state index contributed by atoms with van der Waals surface area (Å²) in [5, 5.41) is 28.4. The first kappa shape index (κ1) is 49.9. The van der Waals surface area contributed by atoms with Gasteiger partial charge in [-0.15, -0.1) is 0 Å². The largest absolute Gasteiger partial charge is 0.480 e. The second-order valence-electron chi connectivity index (χ2n) is 13.8. The number of amides is 6. The lowest BCUT2D eigenvalue weighted by atomic mass is 10.0. The lowest BCUT2D eigenvalue weighted by molar-refractivity contribution is -0.460. The van der Waals surface area contributed by atoms with E-state index in [1.807, 2.05) is 0 Å². The molecule has 6 atom stereocenters. The van der Waals surface area contributed by atoms with Crippen LogP contribution in [0.4, 0.5) is 0 Å². The molecule has 0 aliphatic carbocycles. The van der Waals surface area contributed by atoms with Crippen molar-refractivity contribution in [1.29, 1.82) is 0 Å². The van der Waals surface area contributed by atoms with Crippen molar-refractivity contribution in [3.63, 3.8) is 0 Å². The van der Waals surface area contributed by atoms with E-state index < -0.39 is 71.8 Å². The minimum Gasteiger partial charge on any atom is -0.480 e. The highest BCUT2D eigenvalue weighted by Crippen LogP contribution is 2.09. The molecule has 0 bridgehead atoms. The van der Waals surface area contributed by atoms with Crippen LogP contribution in [0.2, 0.25) is 0 Å². The van der Waals surface area contributed by atoms with E-state index in [1.165, 1.54) is 11.8 Å². The molecule has 0 saturated carbocycles. The number of benzene rings is 1. The summed E-state index contributed by atoms with van der Waals surface area (Å²) in [6.07, 6.45) is 4.07. The number of thioether (sulfide) groups is 1. The van der Waals surface area contributed by atoms with Crippen molar-refractivity contribution in [3.05, 3.63) is 35.9 Å². The van der Waals surface area contributed by atoms with E-state index in [0.29, 0.717) is 30.7 Å². The van der Waals surface area contributed by atoms with Gasteiger partial charge in [0, 0.05) is 12.2 Å². The van der Waals surface area contributed by atoms with Crippen LogP contribution in [0.3, 0.4) is 0 Å². The van der Waals surface area contributed by atoms with Crippen LogP contribution < -0.4 is 70.1 Å². The first-order chi connectivity index (χ1) is 28.1. The predicted octanol–water partition coefficient (Wildman–Crippen LogP) is -7.44. The van der Waals surface area contributed by atoms with Gasteiger partial charge in [-0.1, -0.05) is 30.3 Å². The monoisotopic (exact) mass is 867 g/mol. The van der Waals surface area contributed by atoms with E-state index in [1.54, 1.807) is 36.6 Å². The van der Waals surface area contributed by atoms with Gasteiger partial charge in [-0.05, 0) is 69.1 Å². The van der Waals surface area contributed by atoms with Gasteiger partial charge in [-0.2, -0.15) is 24.4 Å². The molecule has 1 aliphatic heterocycles. The average molecular weight is 868 g/mol. The number of nitrogens with two attached hydrogens (primary N) is 4. The predicted molar refractivity (Wildman–Crippen MR) is 225 cm³/mol. The molecule has 2 rings (SSSR count). The Bertz CT molecular complexity index is 1610. The number of thiol groups is 1. The number of carbonyl (C=O) groups excluding carboxylic acids is 6. The van der Waals surface area contributed by atoms with Crippen molar-refractivity contribution in [2.24, 2.45) is 22.9 Å². The first-order valence-electron chi connectivity index (χ1n) is 19.3. The van der Waals surface area contributed by atoms with E-state index in [4.69, 9.17) is 22.9 Å². The molecule has 23 heteroatoms. The molecular formula is C36H61N13O8S2+2. The number of carboxylic acids is 1. The van der Waals surface area contributed by atoms with Gasteiger partial charge >= 0.3 is 17.9 Å². The van der Waals surface area contributed by atoms with Crippen LogP contribution in [0.5, 0.6) is 0 Å². The van der Waals surface area contributed by atoms with Crippen molar-refractivity contribution in [1.82, 2.24) is 37.2 Å². The average Bonchev–Trinajstić information content (AvgIpc) is 3.75. The Balaban J connectivity index is 2.28. The summed E-state index contributed by atoms with van der Waals surface area (Å²) in [4.78, 5) is 97.5. The molecule has 0 unspecified atom stereocenters. The Hall–Kier alpha value is -5.29. The summed E-state index contributed by atoms with van der Waals surface area (Å²) in [5.41, 5.74) is 22.5. The van der Waals surface area contributed by atoms with Crippen LogP contribution in [0, 0.1) is 0 Å². The third-order valence-electron chi connectivity index (χ3n) is 9.04. The lowest BCUT2D eigenvalue weighted by Gasteiger charge is -2.27. The highest BCUT2D eigenvalue weighted by atomic mass is 32.2. The molecule has 6 amide bonds. The first-order valence-corrected chi connectivity index (χ1v) is 21.3. The van der Waals surface area contributed by atoms with Crippen LogP contribution >= 0.6 is 24.4 Å². The fraction of sp³-hybridized carbons (Fsp3) is 0.583. The molecule has 1 saturated heterocycles. The Labute approximate surface area is 353 Å². The number of hydrogen-bond acceptors (Lipinski definition) is 10. The standard InChI is InChI=1S/C36H59N13O8S2/c1-59-17-13-24(31(53)48-25(34(56)57)12-7-16-43-36(39)40)47-30(52)23(11-6-15-42-35(37)38)46-32(54)26(18-21-8-3-2-4-9-21)49-33(55)27(20-58)45-28(50)19-44-29(51)22-10-5-14-41-22/h2-4,8-9,22-27,41,58H,5-7,10-20H2,1H3,(H,44,51)(H,45,50)(H,46,54)(H,47,52)(H,48,53)(H,49,55)(H,56,57)(H4,37,38,42)(H4,39,40,43)/p+2/t22-,23-,24-,25-,26-,27-/m0/s1. The van der Waals surface area contributed by atoms with Crippen molar-refractivity contribution < 1.29 is 48.7 Å². The third kappa shape index (κ3) is 19.8. The lowest BCUT2D eigenvalue weighted by Crippen LogP contribution is -2.78. The molecule has 0 radical (unpaired) electrons. The van der Waals surface area contributed by atoms with Gasteiger partial charge in [-0.3, -0.25) is 61.7 Å². The number of nitrogens with one attached hydrogen (secondary N) is 9. The zero-order valence-corrected chi connectivity index (χ0v) is 34.9. The second kappa shape index (κ2) is 27.4. The molecular weight excluding hydrogens is 807 g/mol. The minimum absolute atomic E-state index is 0.00852. The molecule has 59 heavy (non-hydrogen) atoms. The molecule has 1 fully saturated rings. The van der Waals surface area contributed by atoms with E-state index >= 15 is 0 Å². The topological polar surface area (TPSA) is 356 Å². The molecule has 21 nitrogen and oxygen atoms in total. The van der Waals surface area contributed by atoms with Gasteiger partial charge in [0.15, 0.2) is 0 Å². The van der Waals surface area contributed by atoms with E-state index in [2.05, 4.69) is 59.8 Å². The van der Waals surface area contributed by atoms with Crippen molar-refractivity contribution >= 4 is 77.7 Å². The van der Waals surface area contributed by atoms with Crippen LogP contribution in [-0.4, -0.2) is 139 Å². The highest BCUT2D eigenvalue weighted by Gasteiger charge is 2.32. The fourth-order valence-electron chi connectivity index (χ4n) is 5.90. The van der Waals surface area contributed by atoms with Crippen molar-refractivity contribution in [3.8, 4) is 0 Å². The maximum Gasteiger partial charge on any atom is 0.338 e. The summed E-state index contributed by atoms with van der Waals surface area (Å²) in [7, 11) is 0. The smallest absolute Gasteiger partial charge is 0.338 e. The van der Waals surface area contributed by atoms with Crippen LogP contribution in [0.1, 0.15) is 50.5 Å². The fourth-order valence-corrected chi connectivity index (χ4v) is 6.62. The van der Waals surface area contributed by atoms with Crippen LogP contribution in [-0.2, 0) is 40.0 Å². The normalized spacial score (nSPS) is 15.8. The van der Waals surface area contributed by atoms with Crippen molar-refractivity contribution in [2.75, 3.05) is 43.9 Å². The zero-order valence-electron chi connectivity index (χ0n) is 33.2. The summed E-state index contributed by atoms with van der Waals surface area (Å²) in [6, 6.07) is 2.23. The van der Waals surface area contributed by atoms with Gasteiger partial charge < -0.3 is 42.3 Å². The SMILES string of the molecule is CSCC[C@H](NC(=O)[C@H](CCC[NH+]=C(N)N)NC(=O)[C@H](Cc1ccccc1)NC(=O)[C@H](CS)NC(=O)CNC(=O)[C@@H]1CCCN1)C(=O)N[C@@H](CCC[NH+]=C(N)N)C(=O)O. The summed E-state index contributed by atoms with van der Waals surface area (Å²) in [5.74, 6) is -5.02. The van der Waals surface area contributed by atoms with Gasteiger partial charge in [0.1, 0.15) is 30.2 Å². The molecule has 1 aromatic rings.